The lowest BCUT2D eigenvalue weighted by molar-refractivity contribution is 0.0594. The maximum absolute atomic E-state index is 11.8. The van der Waals surface area contributed by atoms with E-state index in [-0.39, 0.29) is 17.5 Å². The summed E-state index contributed by atoms with van der Waals surface area (Å²) in [5, 5.41) is 3.37. The van der Waals surface area contributed by atoms with E-state index in [9.17, 15) is 4.79 Å². The average Bonchev–Trinajstić information content (AvgIpc) is 2.48. The summed E-state index contributed by atoms with van der Waals surface area (Å²) in [4.78, 5) is 16.0. The van der Waals surface area contributed by atoms with E-state index in [1.54, 1.807) is 6.07 Å². The lowest BCUT2D eigenvalue weighted by atomic mass is 10.0. The van der Waals surface area contributed by atoms with Crippen molar-refractivity contribution in [1.82, 2.24) is 10.3 Å². The first kappa shape index (κ1) is 16.0. The number of carbonyl (C=O) groups is 1. The van der Waals surface area contributed by atoms with Gasteiger partial charge in [-0.05, 0) is 42.2 Å². The summed E-state index contributed by atoms with van der Waals surface area (Å²) in [7, 11) is 2.77. The number of rotatable bonds is 4. The Morgan fingerprint density at radius 3 is 2.86 bits per heavy atom. The molecule has 0 aromatic carbocycles. The van der Waals surface area contributed by atoms with E-state index in [0.717, 1.165) is 19.4 Å². The second-order valence-electron chi connectivity index (χ2n) is 4.95. The van der Waals surface area contributed by atoms with Crippen LogP contribution in [0, 0.1) is 0 Å². The van der Waals surface area contributed by atoms with Crippen molar-refractivity contribution >= 4 is 21.9 Å². The van der Waals surface area contributed by atoms with E-state index in [1.807, 2.05) is 0 Å². The molecule has 0 aliphatic carbocycles. The highest BCUT2D eigenvalue weighted by Crippen LogP contribution is 2.31. The number of hydrogen-bond acceptors (Lipinski definition) is 6. The van der Waals surface area contributed by atoms with Crippen LogP contribution in [-0.4, -0.2) is 43.9 Å². The van der Waals surface area contributed by atoms with Gasteiger partial charge in [-0.25, -0.2) is 9.78 Å². The summed E-state index contributed by atoms with van der Waals surface area (Å²) < 4.78 is 16.3. The van der Waals surface area contributed by atoms with Gasteiger partial charge in [-0.15, -0.1) is 0 Å². The smallest absolute Gasteiger partial charge is 0.343 e. The Morgan fingerprint density at radius 1 is 1.48 bits per heavy atom. The molecule has 21 heavy (non-hydrogen) atoms. The van der Waals surface area contributed by atoms with E-state index in [1.165, 1.54) is 14.2 Å². The van der Waals surface area contributed by atoms with Gasteiger partial charge in [0.25, 0.3) is 0 Å². The van der Waals surface area contributed by atoms with Gasteiger partial charge in [0.2, 0.25) is 5.88 Å². The fourth-order valence-corrected chi connectivity index (χ4v) is 2.69. The van der Waals surface area contributed by atoms with Crippen molar-refractivity contribution in [2.24, 2.45) is 0 Å². The van der Waals surface area contributed by atoms with Gasteiger partial charge >= 0.3 is 5.97 Å². The molecule has 0 radical (unpaired) electrons. The van der Waals surface area contributed by atoms with Gasteiger partial charge in [0.1, 0.15) is 11.7 Å². The van der Waals surface area contributed by atoms with Crippen molar-refractivity contribution in [3.8, 4) is 11.6 Å². The molecule has 7 heteroatoms. The zero-order chi connectivity index (χ0) is 15.4. The number of methoxy groups -OCH3 is 2. The molecule has 6 nitrogen and oxygen atoms in total. The topological polar surface area (TPSA) is 69.7 Å². The standard InChI is InChI=1S/C14H19BrN2O4/c1-8-6-9(4-5-16-8)21-11-7-10(14(18)20-3)13(19-2)17-12(11)15/h7-9,16H,4-6H2,1-3H3/t8-,9?/m1/s1. The maximum atomic E-state index is 11.8. The monoisotopic (exact) mass is 358 g/mol. The third kappa shape index (κ3) is 3.85. The summed E-state index contributed by atoms with van der Waals surface area (Å²) in [6.45, 7) is 3.04. The number of aromatic nitrogens is 1. The molecule has 1 aliphatic rings. The summed E-state index contributed by atoms with van der Waals surface area (Å²) in [5.41, 5.74) is 0.250. The predicted octanol–water partition coefficient (Wildman–Crippen LogP) is 2.16. The number of carbonyl (C=O) groups excluding carboxylic acids is 1. The Morgan fingerprint density at radius 2 is 2.24 bits per heavy atom. The average molecular weight is 359 g/mol. The minimum absolute atomic E-state index is 0.0956. The highest BCUT2D eigenvalue weighted by atomic mass is 79.9. The summed E-state index contributed by atoms with van der Waals surface area (Å²) in [6, 6.07) is 2.02. The minimum atomic E-state index is -0.504. The van der Waals surface area contributed by atoms with Gasteiger partial charge < -0.3 is 19.5 Å². The number of pyridine rings is 1. The quantitative estimate of drug-likeness (QED) is 0.656. The maximum Gasteiger partial charge on any atom is 0.343 e. The number of hydrogen-bond donors (Lipinski definition) is 1. The number of halogens is 1. The zero-order valence-corrected chi connectivity index (χ0v) is 13.9. The van der Waals surface area contributed by atoms with Crippen molar-refractivity contribution in [3.63, 3.8) is 0 Å². The largest absolute Gasteiger partial charge is 0.487 e. The lowest BCUT2D eigenvalue weighted by Gasteiger charge is -2.28. The van der Waals surface area contributed by atoms with E-state index in [4.69, 9.17) is 14.2 Å². The second kappa shape index (κ2) is 7.09. The van der Waals surface area contributed by atoms with Gasteiger partial charge in [0.05, 0.1) is 14.2 Å². The first-order valence-corrected chi connectivity index (χ1v) is 7.57. The van der Waals surface area contributed by atoms with Gasteiger partial charge in [-0.2, -0.15) is 0 Å². The molecule has 116 valence electrons. The molecule has 1 fully saturated rings. The molecule has 2 atom stereocenters. The summed E-state index contributed by atoms with van der Waals surface area (Å²) >= 11 is 3.35. The third-order valence-electron chi connectivity index (χ3n) is 3.38. The second-order valence-corrected chi connectivity index (χ2v) is 5.70. The van der Waals surface area contributed by atoms with Crippen molar-refractivity contribution in [1.29, 1.82) is 0 Å². The highest BCUT2D eigenvalue weighted by Gasteiger charge is 2.23. The van der Waals surface area contributed by atoms with Crippen LogP contribution in [0.25, 0.3) is 0 Å². The van der Waals surface area contributed by atoms with Crippen molar-refractivity contribution in [2.45, 2.75) is 31.9 Å². The van der Waals surface area contributed by atoms with Crippen LogP contribution in [0.3, 0.4) is 0 Å². The van der Waals surface area contributed by atoms with E-state index < -0.39 is 5.97 Å². The molecule has 0 amide bonds. The van der Waals surface area contributed by atoms with Crippen molar-refractivity contribution in [3.05, 3.63) is 16.2 Å². The minimum Gasteiger partial charge on any atom is -0.487 e. The number of nitrogens with one attached hydrogen (secondary N) is 1. The molecule has 2 rings (SSSR count). The van der Waals surface area contributed by atoms with Crippen LogP contribution >= 0.6 is 15.9 Å². The van der Waals surface area contributed by atoms with Crippen LogP contribution in [0.1, 0.15) is 30.1 Å². The Bertz CT molecular complexity index is 524. The first-order chi connectivity index (χ1) is 10.0. The molecule has 1 aromatic rings. The molecule has 1 unspecified atom stereocenters. The Hall–Kier alpha value is -1.34. The molecule has 1 aromatic heterocycles. The first-order valence-electron chi connectivity index (χ1n) is 6.78. The Kier molecular flexibility index (Phi) is 5.41. The van der Waals surface area contributed by atoms with Gasteiger partial charge in [0, 0.05) is 12.1 Å². The third-order valence-corrected chi connectivity index (χ3v) is 3.94. The van der Waals surface area contributed by atoms with Gasteiger partial charge in [-0.3, -0.25) is 0 Å². The fourth-order valence-electron chi connectivity index (χ4n) is 2.32. The van der Waals surface area contributed by atoms with E-state index >= 15 is 0 Å². The molecule has 1 aliphatic heterocycles. The normalized spacial score (nSPS) is 21.7. The van der Waals surface area contributed by atoms with Crippen LogP contribution in [0.15, 0.2) is 10.7 Å². The van der Waals surface area contributed by atoms with Crippen molar-refractivity contribution in [2.75, 3.05) is 20.8 Å². The van der Waals surface area contributed by atoms with Gasteiger partial charge in [-0.1, -0.05) is 0 Å². The molecular weight excluding hydrogens is 340 g/mol. The zero-order valence-electron chi connectivity index (χ0n) is 12.3. The molecule has 0 bridgehead atoms. The molecule has 1 saturated heterocycles. The highest BCUT2D eigenvalue weighted by molar-refractivity contribution is 9.10. The number of ether oxygens (including phenoxy) is 3. The van der Waals surface area contributed by atoms with Gasteiger partial charge in [0.15, 0.2) is 10.4 Å². The molecule has 2 heterocycles. The van der Waals surface area contributed by atoms with Crippen molar-refractivity contribution < 1.29 is 19.0 Å². The van der Waals surface area contributed by atoms with Crippen LogP contribution < -0.4 is 14.8 Å². The number of nitrogens with zero attached hydrogens (tertiary/aromatic N) is 1. The predicted molar refractivity (Wildman–Crippen MR) is 80.9 cm³/mol. The van der Waals surface area contributed by atoms with Crippen LogP contribution in [0.5, 0.6) is 11.6 Å². The van der Waals surface area contributed by atoms with E-state index in [2.05, 4.69) is 33.2 Å². The number of piperidine rings is 1. The van der Waals surface area contributed by atoms with Crippen LogP contribution in [0.4, 0.5) is 0 Å². The SMILES string of the molecule is COC(=O)c1cc(OC2CCN[C@H](C)C2)c(Br)nc1OC. The molecule has 0 spiro atoms. The molecule has 0 saturated carbocycles. The lowest BCUT2D eigenvalue weighted by Crippen LogP contribution is -2.40. The van der Waals surface area contributed by atoms with Crippen LogP contribution in [0.2, 0.25) is 0 Å². The van der Waals surface area contributed by atoms with Crippen LogP contribution in [-0.2, 0) is 4.74 Å². The fraction of sp³-hybridized carbons (Fsp3) is 0.571. The Labute approximate surface area is 132 Å². The van der Waals surface area contributed by atoms with E-state index in [0.29, 0.717) is 16.4 Å². The summed E-state index contributed by atoms with van der Waals surface area (Å²) in [5.74, 6) is 0.227. The Balaban J connectivity index is 2.24. The number of esters is 1. The molecular formula is C14H19BrN2O4. The molecule has 1 N–H and O–H groups in total. The summed E-state index contributed by atoms with van der Waals surface area (Å²) in [6.07, 6.45) is 1.92.